The van der Waals surface area contributed by atoms with Crippen LogP contribution in [0.4, 0.5) is 0 Å². The highest BCUT2D eigenvalue weighted by molar-refractivity contribution is 5.12. The molecule has 3 nitrogen and oxygen atoms in total. The molecule has 1 unspecified atom stereocenters. The van der Waals surface area contributed by atoms with Gasteiger partial charge in [0.25, 0.3) is 0 Å². The van der Waals surface area contributed by atoms with Crippen LogP contribution in [0.5, 0.6) is 0 Å². The number of hydrogen-bond donors (Lipinski definition) is 1. The molecule has 1 aromatic heterocycles. The summed E-state index contributed by atoms with van der Waals surface area (Å²) in [5.41, 5.74) is 1.23. The highest BCUT2D eigenvalue weighted by Gasteiger charge is 2.03. The number of rotatable bonds is 7. The first kappa shape index (κ1) is 13.1. The Hall–Kier alpha value is -0.930. The monoisotopic (exact) mass is 222 g/mol. The summed E-state index contributed by atoms with van der Waals surface area (Å²) in [6, 6.07) is 4.41. The van der Waals surface area contributed by atoms with Crippen molar-refractivity contribution < 1.29 is 4.74 Å². The molecular weight excluding hydrogens is 200 g/mol. The molecule has 0 bridgehead atoms. The van der Waals surface area contributed by atoms with E-state index < -0.39 is 0 Å². The lowest BCUT2D eigenvalue weighted by Gasteiger charge is -2.14. The van der Waals surface area contributed by atoms with Gasteiger partial charge in [-0.15, -0.1) is 0 Å². The van der Waals surface area contributed by atoms with Crippen LogP contribution in [0.15, 0.2) is 24.5 Å². The number of aromatic nitrogens is 1. The summed E-state index contributed by atoms with van der Waals surface area (Å²) >= 11 is 0. The molecule has 1 N–H and O–H groups in total. The Morgan fingerprint density at radius 1 is 1.38 bits per heavy atom. The van der Waals surface area contributed by atoms with Gasteiger partial charge in [0, 0.05) is 25.0 Å². The second-order valence-electron chi connectivity index (χ2n) is 4.24. The van der Waals surface area contributed by atoms with Gasteiger partial charge in [-0.25, -0.2) is 0 Å². The molecule has 0 amide bonds. The molecule has 1 atom stereocenters. The standard InChI is InChI=1S/C13H22N2O/c1-11(2)16-9-5-8-15-12(3)13-6-4-7-14-10-13/h4,6-7,10-12,15H,5,8-9H2,1-3H3. The van der Waals surface area contributed by atoms with E-state index in [2.05, 4.69) is 37.1 Å². The summed E-state index contributed by atoms with van der Waals surface area (Å²) in [5.74, 6) is 0. The van der Waals surface area contributed by atoms with Gasteiger partial charge in [-0.3, -0.25) is 4.98 Å². The third kappa shape index (κ3) is 5.24. The van der Waals surface area contributed by atoms with Gasteiger partial charge in [0.05, 0.1) is 6.10 Å². The average molecular weight is 222 g/mol. The molecule has 90 valence electrons. The molecule has 1 aromatic rings. The first-order valence-corrected chi connectivity index (χ1v) is 5.95. The van der Waals surface area contributed by atoms with Crippen molar-refractivity contribution in [1.82, 2.24) is 10.3 Å². The van der Waals surface area contributed by atoms with E-state index in [0.717, 1.165) is 19.6 Å². The molecule has 1 rings (SSSR count). The zero-order valence-electron chi connectivity index (χ0n) is 10.4. The predicted octanol–water partition coefficient (Wildman–Crippen LogP) is 2.55. The molecule has 0 saturated heterocycles. The molecule has 0 aliphatic heterocycles. The maximum absolute atomic E-state index is 5.48. The summed E-state index contributed by atoms with van der Waals surface area (Å²) in [4.78, 5) is 4.11. The third-order valence-electron chi connectivity index (χ3n) is 2.41. The highest BCUT2D eigenvalue weighted by atomic mass is 16.5. The number of nitrogens with one attached hydrogen (secondary N) is 1. The fraction of sp³-hybridized carbons (Fsp3) is 0.615. The van der Waals surface area contributed by atoms with Crippen molar-refractivity contribution in [2.24, 2.45) is 0 Å². The molecule has 3 heteroatoms. The molecule has 0 spiro atoms. The summed E-state index contributed by atoms with van der Waals surface area (Å²) in [6.07, 6.45) is 5.08. The van der Waals surface area contributed by atoms with E-state index in [0.29, 0.717) is 12.1 Å². The minimum Gasteiger partial charge on any atom is -0.379 e. The first-order chi connectivity index (χ1) is 7.70. The summed E-state index contributed by atoms with van der Waals surface area (Å²) < 4.78 is 5.48. The van der Waals surface area contributed by atoms with Gasteiger partial charge >= 0.3 is 0 Å². The molecular formula is C13H22N2O. The Kier molecular flexibility index (Phi) is 6.04. The third-order valence-corrected chi connectivity index (χ3v) is 2.41. The lowest BCUT2D eigenvalue weighted by molar-refractivity contribution is 0.0768. The van der Waals surface area contributed by atoms with E-state index in [1.54, 1.807) is 6.20 Å². The molecule has 1 heterocycles. The fourth-order valence-corrected chi connectivity index (χ4v) is 1.46. The number of nitrogens with zero attached hydrogens (tertiary/aromatic N) is 1. The topological polar surface area (TPSA) is 34.1 Å². The van der Waals surface area contributed by atoms with Gasteiger partial charge in [-0.1, -0.05) is 6.07 Å². The normalized spacial score (nSPS) is 13.0. The molecule has 0 saturated carbocycles. The lowest BCUT2D eigenvalue weighted by Crippen LogP contribution is -2.21. The van der Waals surface area contributed by atoms with E-state index in [4.69, 9.17) is 4.74 Å². The van der Waals surface area contributed by atoms with Crippen LogP contribution in [0.1, 0.15) is 38.8 Å². The van der Waals surface area contributed by atoms with Crippen LogP contribution >= 0.6 is 0 Å². The van der Waals surface area contributed by atoms with Crippen molar-refractivity contribution in [3.05, 3.63) is 30.1 Å². The second kappa shape index (κ2) is 7.36. The number of hydrogen-bond acceptors (Lipinski definition) is 3. The van der Waals surface area contributed by atoms with Gasteiger partial charge in [0.1, 0.15) is 0 Å². The van der Waals surface area contributed by atoms with Gasteiger partial charge in [0.15, 0.2) is 0 Å². The zero-order chi connectivity index (χ0) is 11.8. The average Bonchev–Trinajstić information content (AvgIpc) is 2.29. The SMILES string of the molecule is CC(C)OCCCNC(C)c1cccnc1. The molecule has 0 fully saturated rings. The minimum atomic E-state index is 0.329. The van der Waals surface area contributed by atoms with Crippen molar-refractivity contribution in [2.45, 2.75) is 39.3 Å². The van der Waals surface area contributed by atoms with Crippen molar-refractivity contribution >= 4 is 0 Å². The zero-order valence-corrected chi connectivity index (χ0v) is 10.4. The van der Waals surface area contributed by atoms with E-state index in [1.165, 1.54) is 5.56 Å². The molecule has 0 aliphatic rings. The van der Waals surface area contributed by atoms with Crippen LogP contribution in [0.3, 0.4) is 0 Å². The predicted molar refractivity (Wildman–Crippen MR) is 66.4 cm³/mol. The van der Waals surface area contributed by atoms with Crippen molar-refractivity contribution in [1.29, 1.82) is 0 Å². The number of pyridine rings is 1. The van der Waals surface area contributed by atoms with E-state index >= 15 is 0 Å². The second-order valence-corrected chi connectivity index (χ2v) is 4.24. The Labute approximate surface area is 98.2 Å². The van der Waals surface area contributed by atoms with Gasteiger partial charge < -0.3 is 10.1 Å². The van der Waals surface area contributed by atoms with E-state index in [9.17, 15) is 0 Å². The Bertz CT molecular complexity index is 275. The van der Waals surface area contributed by atoms with Crippen LogP contribution in [0.25, 0.3) is 0 Å². The summed E-state index contributed by atoms with van der Waals surface area (Å²) in [5, 5.41) is 3.45. The molecule has 0 radical (unpaired) electrons. The highest BCUT2D eigenvalue weighted by Crippen LogP contribution is 2.09. The van der Waals surface area contributed by atoms with Crippen LogP contribution in [0, 0.1) is 0 Å². The van der Waals surface area contributed by atoms with Crippen LogP contribution < -0.4 is 5.32 Å². The minimum absolute atomic E-state index is 0.329. The maximum Gasteiger partial charge on any atom is 0.0518 e. The summed E-state index contributed by atoms with van der Waals surface area (Å²) in [6.45, 7) is 8.07. The fourth-order valence-electron chi connectivity index (χ4n) is 1.46. The molecule has 0 aromatic carbocycles. The number of ether oxygens (including phenoxy) is 1. The maximum atomic E-state index is 5.48. The largest absolute Gasteiger partial charge is 0.379 e. The Morgan fingerprint density at radius 2 is 2.19 bits per heavy atom. The molecule has 0 aliphatic carbocycles. The summed E-state index contributed by atoms with van der Waals surface area (Å²) in [7, 11) is 0. The van der Waals surface area contributed by atoms with Crippen LogP contribution in [0.2, 0.25) is 0 Å². The van der Waals surface area contributed by atoms with Crippen molar-refractivity contribution in [2.75, 3.05) is 13.2 Å². The van der Waals surface area contributed by atoms with Crippen LogP contribution in [-0.2, 0) is 4.74 Å². The lowest BCUT2D eigenvalue weighted by atomic mass is 10.1. The van der Waals surface area contributed by atoms with E-state index in [1.807, 2.05) is 12.3 Å². The van der Waals surface area contributed by atoms with Crippen molar-refractivity contribution in [3.8, 4) is 0 Å². The Morgan fingerprint density at radius 3 is 2.81 bits per heavy atom. The van der Waals surface area contributed by atoms with E-state index in [-0.39, 0.29) is 0 Å². The molecule has 16 heavy (non-hydrogen) atoms. The van der Waals surface area contributed by atoms with Gasteiger partial charge in [-0.2, -0.15) is 0 Å². The van der Waals surface area contributed by atoms with Crippen LogP contribution in [-0.4, -0.2) is 24.2 Å². The Balaban J connectivity index is 2.14. The van der Waals surface area contributed by atoms with Crippen molar-refractivity contribution in [3.63, 3.8) is 0 Å². The quantitative estimate of drug-likeness (QED) is 0.720. The van der Waals surface area contributed by atoms with Gasteiger partial charge in [-0.05, 0) is 45.4 Å². The first-order valence-electron chi connectivity index (χ1n) is 5.95. The smallest absolute Gasteiger partial charge is 0.0518 e. The van der Waals surface area contributed by atoms with Gasteiger partial charge in [0.2, 0.25) is 0 Å².